The van der Waals surface area contributed by atoms with Gasteiger partial charge in [-0.2, -0.15) is 0 Å². The molecule has 6 nitrogen and oxygen atoms in total. The number of rotatable bonds is 5. The molecule has 104 valence electrons. The number of piperidine rings is 1. The lowest BCUT2D eigenvalue weighted by Gasteiger charge is -2.32. The van der Waals surface area contributed by atoms with E-state index in [2.05, 4.69) is 5.32 Å². The third-order valence-corrected chi connectivity index (χ3v) is 3.27. The SMILES string of the molecule is COC1CCCN(C(=O)NCCC(C)C(=O)O)C1. The minimum Gasteiger partial charge on any atom is -0.481 e. The molecule has 0 spiro atoms. The van der Waals surface area contributed by atoms with E-state index in [9.17, 15) is 9.59 Å². The van der Waals surface area contributed by atoms with E-state index in [4.69, 9.17) is 9.84 Å². The van der Waals surface area contributed by atoms with Crippen molar-refractivity contribution in [3.05, 3.63) is 0 Å². The summed E-state index contributed by atoms with van der Waals surface area (Å²) in [5.74, 6) is -1.26. The van der Waals surface area contributed by atoms with E-state index in [0.29, 0.717) is 19.5 Å². The molecular weight excluding hydrogens is 236 g/mol. The number of carbonyl (C=O) groups excluding carboxylic acids is 1. The molecule has 2 unspecified atom stereocenters. The van der Waals surface area contributed by atoms with E-state index in [1.54, 1.807) is 18.9 Å². The molecule has 1 aliphatic rings. The molecule has 2 atom stereocenters. The van der Waals surface area contributed by atoms with Crippen molar-refractivity contribution in [2.75, 3.05) is 26.7 Å². The Hall–Kier alpha value is -1.30. The van der Waals surface area contributed by atoms with Gasteiger partial charge in [0.25, 0.3) is 0 Å². The summed E-state index contributed by atoms with van der Waals surface area (Å²) >= 11 is 0. The summed E-state index contributed by atoms with van der Waals surface area (Å²) in [5.41, 5.74) is 0. The highest BCUT2D eigenvalue weighted by molar-refractivity contribution is 5.74. The van der Waals surface area contributed by atoms with Gasteiger partial charge < -0.3 is 20.1 Å². The molecule has 0 aliphatic carbocycles. The summed E-state index contributed by atoms with van der Waals surface area (Å²) in [7, 11) is 1.65. The van der Waals surface area contributed by atoms with Crippen molar-refractivity contribution in [3.8, 4) is 0 Å². The second-order valence-electron chi connectivity index (χ2n) is 4.71. The normalized spacial score (nSPS) is 21.4. The maximum absolute atomic E-state index is 11.8. The summed E-state index contributed by atoms with van der Waals surface area (Å²) in [4.78, 5) is 24.2. The largest absolute Gasteiger partial charge is 0.481 e. The third kappa shape index (κ3) is 4.52. The monoisotopic (exact) mass is 258 g/mol. The molecule has 6 heteroatoms. The number of methoxy groups -OCH3 is 1. The number of hydrogen-bond acceptors (Lipinski definition) is 3. The van der Waals surface area contributed by atoms with Gasteiger partial charge >= 0.3 is 12.0 Å². The molecule has 0 aromatic rings. The van der Waals surface area contributed by atoms with Gasteiger partial charge in [-0.15, -0.1) is 0 Å². The lowest BCUT2D eigenvalue weighted by molar-refractivity contribution is -0.141. The third-order valence-electron chi connectivity index (χ3n) is 3.27. The number of aliphatic carboxylic acids is 1. The highest BCUT2D eigenvalue weighted by Gasteiger charge is 2.23. The van der Waals surface area contributed by atoms with Crippen LogP contribution in [0.25, 0.3) is 0 Å². The molecule has 1 rings (SSSR count). The number of nitrogens with one attached hydrogen (secondary N) is 1. The Morgan fingerprint density at radius 3 is 2.89 bits per heavy atom. The second-order valence-corrected chi connectivity index (χ2v) is 4.71. The van der Waals surface area contributed by atoms with Gasteiger partial charge in [0.15, 0.2) is 0 Å². The smallest absolute Gasteiger partial charge is 0.317 e. The standard InChI is InChI=1S/C12H22N2O4/c1-9(11(15)16)5-6-13-12(17)14-7-3-4-10(8-14)18-2/h9-10H,3-8H2,1-2H3,(H,13,17)(H,15,16). The molecule has 0 bridgehead atoms. The van der Waals surface area contributed by atoms with Gasteiger partial charge in [0.05, 0.1) is 12.0 Å². The van der Waals surface area contributed by atoms with E-state index in [-0.39, 0.29) is 12.1 Å². The summed E-state index contributed by atoms with van der Waals surface area (Å²) in [6.07, 6.45) is 2.48. The first-order chi connectivity index (χ1) is 8.54. The first-order valence-corrected chi connectivity index (χ1v) is 6.33. The molecule has 1 saturated heterocycles. The zero-order chi connectivity index (χ0) is 13.5. The van der Waals surface area contributed by atoms with Crippen molar-refractivity contribution in [2.24, 2.45) is 5.92 Å². The second kappa shape index (κ2) is 7.20. The van der Waals surface area contributed by atoms with Crippen molar-refractivity contribution < 1.29 is 19.4 Å². The van der Waals surface area contributed by atoms with E-state index < -0.39 is 11.9 Å². The first-order valence-electron chi connectivity index (χ1n) is 6.33. The quantitative estimate of drug-likeness (QED) is 0.768. The maximum atomic E-state index is 11.8. The lowest BCUT2D eigenvalue weighted by atomic mass is 10.1. The number of urea groups is 1. The minimum absolute atomic E-state index is 0.113. The highest BCUT2D eigenvalue weighted by Crippen LogP contribution is 2.12. The van der Waals surface area contributed by atoms with Crippen molar-refractivity contribution in [2.45, 2.75) is 32.3 Å². The molecule has 0 aromatic carbocycles. The van der Waals surface area contributed by atoms with Gasteiger partial charge in [-0.25, -0.2) is 4.79 Å². The van der Waals surface area contributed by atoms with E-state index in [0.717, 1.165) is 19.4 Å². The van der Waals surface area contributed by atoms with Crippen LogP contribution in [-0.4, -0.2) is 54.9 Å². The van der Waals surface area contributed by atoms with E-state index >= 15 is 0 Å². The van der Waals surface area contributed by atoms with Crippen LogP contribution in [0.15, 0.2) is 0 Å². The number of carboxylic acids is 1. The van der Waals surface area contributed by atoms with Crippen molar-refractivity contribution in [3.63, 3.8) is 0 Å². The number of carbonyl (C=O) groups is 2. The number of likely N-dealkylation sites (tertiary alicyclic amines) is 1. The fourth-order valence-corrected chi connectivity index (χ4v) is 1.95. The van der Waals surface area contributed by atoms with Crippen LogP contribution in [0.3, 0.4) is 0 Å². The Morgan fingerprint density at radius 2 is 2.28 bits per heavy atom. The Morgan fingerprint density at radius 1 is 1.56 bits per heavy atom. The Kier molecular flexibility index (Phi) is 5.91. The van der Waals surface area contributed by atoms with Crippen LogP contribution in [-0.2, 0) is 9.53 Å². The van der Waals surface area contributed by atoms with Crippen LogP contribution in [0.1, 0.15) is 26.2 Å². The predicted octanol–water partition coefficient (Wildman–Crippen LogP) is 0.918. The van der Waals surface area contributed by atoms with Crippen LogP contribution < -0.4 is 5.32 Å². The maximum Gasteiger partial charge on any atom is 0.317 e. The predicted molar refractivity (Wildman–Crippen MR) is 66.4 cm³/mol. The number of hydrogen-bond donors (Lipinski definition) is 2. The molecule has 0 radical (unpaired) electrons. The summed E-state index contributed by atoms with van der Waals surface area (Å²) in [6, 6.07) is -0.130. The van der Waals surface area contributed by atoms with Gasteiger partial charge in [0, 0.05) is 26.7 Å². The van der Waals surface area contributed by atoms with E-state index in [1.165, 1.54) is 0 Å². The number of ether oxygens (including phenoxy) is 1. The number of carboxylic acid groups (broad SMARTS) is 1. The topological polar surface area (TPSA) is 78.9 Å². The summed E-state index contributed by atoms with van der Waals surface area (Å²) in [6.45, 7) is 3.37. The zero-order valence-electron chi connectivity index (χ0n) is 11.0. The van der Waals surface area contributed by atoms with Crippen LogP contribution in [0.4, 0.5) is 4.79 Å². The molecule has 1 fully saturated rings. The lowest BCUT2D eigenvalue weighted by Crippen LogP contribution is -2.47. The van der Waals surface area contributed by atoms with Gasteiger partial charge in [-0.3, -0.25) is 4.79 Å². The molecule has 2 N–H and O–H groups in total. The Labute approximate surface area is 107 Å². The van der Waals surface area contributed by atoms with Gasteiger partial charge in [0.1, 0.15) is 0 Å². The first kappa shape index (κ1) is 14.8. The molecule has 1 heterocycles. The van der Waals surface area contributed by atoms with Crippen molar-refractivity contribution in [1.29, 1.82) is 0 Å². The summed E-state index contributed by atoms with van der Waals surface area (Å²) < 4.78 is 5.25. The van der Waals surface area contributed by atoms with Crippen LogP contribution in [0.2, 0.25) is 0 Å². The zero-order valence-corrected chi connectivity index (χ0v) is 11.0. The van der Waals surface area contributed by atoms with Gasteiger partial charge in [-0.1, -0.05) is 6.92 Å². The minimum atomic E-state index is -0.832. The van der Waals surface area contributed by atoms with Gasteiger partial charge in [0.2, 0.25) is 0 Å². The van der Waals surface area contributed by atoms with Crippen LogP contribution in [0, 0.1) is 5.92 Å². The average Bonchev–Trinajstić information content (AvgIpc) is 2.38. The van der Waals surface area contributed by atoms with Crippen LogP contribution >= 0.6 is 0 Å². The van der Waals surface area contributed by atoms with Gasteiger partial charge in [-0.05, 0) is 19.3 Å². The fourth-order valence-electron chi connectivity index (χ4n) is 1.95. The molecular formula is C12H22N2O4. The molecule has 0 aromatic heterocycles. The molecule has 18 heavy (non-hydrogen) atoms. The summed E-state index contributed by atoms with van der Waals surface area (Å²) in [5, 5.41) is 11.5. The number of amides is 2. The van der Waals surface area contributed by atoms with E-state index in [1.807, 2.05) is 0 Å². The number of nitrogens with zero attached hydrogens (tertiary/aromatic N) is 1. The van der Waals surface area contributed by atoms with Crippen molar-refractivity contribution in [1.82, 2.24) is 10.2 Å². The Bertz CT molecular complexity index is 296. The molecule has 0 saturated carbocycles. The van der Waals surface area contributed by atoms with Crippen LogP contribution in [0.5, 0.6) is 0 Å². The highest BCUT2D eigenvalue weighted by atomic mass is 16.5. The van der Waals surface area contributed by atoms with Crippen molar-refractivity contribution >= 4 is 12.0 Å². The molecule has 1 aliphatic heterocycles. The molecule has 2 amide bonds. The Balaban J connectivity index is 2.26. The average molecular weight is 258 g/mol. The fraction of sp³-hybridized carbons (Fsp3) is 0.833.